The van der Waals surface area contributed by atoms with E-state index in [1.165, 1.54) is 35.0 Å². The van der Waals surface area contributed by atoms with Gasteiger partial charge in [-0.1, -0.05) is 48.0 Å². The predicted octanol–water partition coefficient (Wildman–Crippen LogP) is 6.03. The third-order valence-corrected chi connectivity index (χ3v) is 6.20. The number of carbonyl (C=O) groups is 1. The van der Waals surface area contributed by atoms with Gasteiger partial charge in [-0.2, -0.15) is 0 Å². The van der Waals surface area contributed by atoms with Gasteiger partial charge in [-0.3, -0.25) is 4.79 Å². The molecule has 1 aliphatic rings. The maximum absolute atomic E-state index is 13.1. The summed E-state index contributed by atoms with van der Waals surface area (Å²) in [6.07, 6.45) is 3.99. The fourth-order valence-corrected chi connectivity index (χ4v) is 4.50. The highest BCUT2D eigenvalue weighted by Gasteiger charge is 2.24. The van der Waals surface area contributed by atoms with Gasteiger partial charge in [-0.25, -0.2) is 9.38 Å². The minimum absolute atomic E-state index is 0.189. The molecule has 4 nitrogen and oxygen atoms in total. The molecule has 158 valence electrons. The number of aryl methyl sites for hydroxylation is 1. The van der Waals surface area contributed by atoms with Crippen molar-refractivity contribution >= 4 is 45.5 Å². The Morgan fingerprint density at radius 2 is 1.78 bits per heavy atom. The van der Waals surface area contributed by atoms with Crippen LogP contribution >= 0.6 is 11.8 Å². The van der Waals surface area contributed by atoms with Crippen LogP contribution in [0.2, 0.25) is 0 Å². The molecule has 0 spiro atoms. The Hall–Kier alpha value is -3.64. The maximum atomic E-state index is 13.1. The Kier molecular flexibility index (Phi) is 5.37. The van der Waals surface area contributed by atoms with Gasteiger partial charge in [0.05, 0.1) is 10.6 Å². The average molecular weight is 442 g/mol. The molecule has 1 fully saturated rings. The largest absolute Gasteiger partial charge is 0.342 e. The SMILES string of the molecule is Cc1ccc(Cn2cc(/C=C3/SC(=Nc4ccc(F)cc4)NC3=O)c3ccccc32)cc1. The first kappa shape index (κ1) is 20.3. The number of carbonyl (C=O) groups excluding carboxylic acids is 1. The molecule has 0 atom stereocenters. The van der Waals surface area contributed by atoms with Gasteiger partial charge in [0.2, 0.25) is 0 Å². The molecule has 1 aliphatic heterocycles. The molecule has 0 radical (unpaired) electrons. The summed E-state index contributed by atoms with van der Waals surface area (Å²) in [6, 6.07) is 22.6. The number of aliphatic imine (C=N–C) groups is 1. The quantitative estimate of drug-likeness (QED) is 0.393. The van der Waals surface area contributed by atoms with Crippen LogP contribution in [0.5, 0.6) is 0 Å². The summed E-state index contributed by atoms with van der Waals surface area (Å²) in [5, 5.41) is 4.36. The number of aromatic nitrogens is 1. The first-order chi connectivity index (χ1) is 15.5. The van der Waals surface area contributed by atoms with E-state index in [-0.39, 0.29) is 11.7 Å². The zero-order chi connectivity index (χ0) is 22.1. The molecule has 0 saturated carbocycles. The second kappa shape index (κ2) is 8.48. The minimum Gasteiger partial charge on any atom is -0.342 e. The number of amides is 1. The van der Waals surface area contributed by atoms with Crippen LogP contribution in [0.15, 0.2) is 88.9 Å². The third kappa shape index (κ3) is 4.22. The van der Waals surface area contributed by atoms with Gasteiger partial charge >= 0.3 is 0 Å². The van der Waals surface area contributed by atoms with Crippen molar-refractivity contribution in [2.75, 3.05) is 0 Å². The van der Waals surface area contributed by atoms with Gasteiger partial charge in [0.1, 0.15) is 5.82 Å². The Morgan fingerprint density at radius 3 is 2.56 bits per heavy atom. The van der Waals surface area contributed by atoms with Crippen molar-refractivity contribution in [3.05, 3.63) is 106 Å². The minimum atomic E-state index is -0.320. The highest BCUT2D eigenvalue weighted by atomic mass is 32.2. The Labute approximate surface area is 189 Å². The van der Waals surface area contributed by atoms with Crippen molar-refractivity contribution in [3.8, 4) is 0 Å². The molecule has 1 N–H and O–H groups in total. The number of halogens is 1. The Balaban J connectivity index is 1.46. The highest BCUT2D eigenvalue weighted by molar-refractivity contribution is 8.18. The van der Waals surface area contributed by atoms with Crippen LogP contribution in [0.4, 0.5) is 10.1 Å². The molecular formula is C26H20FN3OS. The molecule has 2 heterocycles. The third-order valence-electron chi connectivity index (χ3n) is 5.29. The lowest BCUT2D eigenvalue weighted by atomic mass is 10.1. The lowest BCUT2D eigenvalue weighted by Crippen LogP contribution is -2.19. The summed E-state index contributed by atoms with van der Waals surface area (Å²) in [4.78, 5) is 17.5. The van der Waals surface area contributed by atoms with Crippen LogP contribution in [0.3, 0.4) is 0 Å². The van der Waals surface area contributed by atoms with Crippen LogP contribution in [0, 0.1) is 12.7 Å². The number of rotatable bonds is 4. The van der Waals surface area contributed by atoms with Crippen molar-refractivity contribution in [3.63, 3.8) is 0 Å². The number of amidine groups is 1. The van der Waals surface area contributed by atoms with Gasteiger partial charge in [-0.05, 0) is 60.7 Å². The van der Waals surface area contributed by atoms with Crippen molar-refractivity contribution in [2.45, 2.75) is 13.5 Å². The van der Waals surface area contributed by atoms with Crippen LogP contribution in [-0.4, -0.2) is 15.6 Å². The number of para-hydroxylation sites is 1. The number of fused-ring (bicyclic) bond motifs is 1. The first-order valence-electron chi connectivity index (χ1n) is 10.2. The van der Waals surface area contributed by atoms with Crippen molar-refractivity contribution in [1.82, 2.24) is 9.88 Å². The normalized spacial score (nSPS) is 16.2. The van der Waals surface area contributed by atoms with Crippen molar-refractivity contribution in [1.29, 1.82) is 0 Å². The Bertz CT molecular complexity index is 1370. The molecule has 1 amide bonds. The molecule has 6 heteroatoms. The van der Waals surface area contributed by atoms with E-state index in [4.69, 9.17) is 0 Å². The summed E-state index contributed by atoms with van der Waals surface area (Å²) in [7, 11) is 0. The number of thioether (sulfide) groups is 1. The maximum Gasteiger partial charge on any atom is 0.264 e. The molecule has 32 heavy (non-hydrogen) atoms. The van der Waals surface area contributed by atoms with E-state index in [1.54, 1.807) is 12.1 Å². The zero-order valence-corrected chi connectivity index (χ0v) is 18.2. The van der Waals surface area contributed by atoms with E-state index in [9.17, 15) is 9.18 Å². The topological polar surface area (TPSA) is 46.4 Å². The molecule has 0 unspecified atom stereocenters. The smallest absolute Gasteiger partial charge is 0.264 e. The molecule has 1 saturated heterocycles. The van der Waals surface area contributed by atoms with Gasteiger partial charge in [0.25, 0.3) is 5.91 Å². The highest BCUT2D eigenvalue weighted by Crippen LogP contribution is 2.31. The second-order valence-corrected chi connectivity index (χ2v) is 8.70. The van der Waals surface area contributed by atoms with E-state index in [0.717, 1.165) is 23.0 Å². The van der Waals surface area contributed by atoms with E-state index < -0.39 is 0 Å². The number of nitrogens with zero attached hydrogens (tertiary/aromatic N) is 2. The van der Waals surface area contributed by atoms with E-state index in [0.29, 0.717) is 15.8 Å². The van der Waals surface area contributed by atoms with Gasteiger partial charge < -0.3 is 9.88 Å². The van der Waals surface area contributed by atoms with E-state index in [1.807, 2.05) is 18.2 Å². The van der Waals surface area contributed by atoms with E-state index in [2.05, 4.69) is 64.4 Å². The summed E-state index contributed by atoms with van der Waals surface area (Å²) in [6.45, 7) is 2.83. The number of benzene rings is 3. The van der Waals surface area contributed by atoms with Gasteiger partial charge in [0.15, 0.2) is 5.17 Å². The zero-order valence-electron chi connectivity index (χ0n) is 17.4. The standard InChI is InChI=1S/C26H20FN3OS/c1-17-6-8-18(9-7-17)15-30-16-19(22-4-2-3-5-23(22)30)14-24-25(31)29-26(32-24)28-21-12-10-20(27)11-13-21/h2-14,16H,15H2,1H3,(H,28,29,31)/b24-14+. The van der Waals surface area contributed by atoms with Crippen molar-refractivity contribution < 1.29 is 9.18 Å². The monoisotopic (exact) mass is 441 g/mol. The molecule has 0 bridgehead atoms. The number of hydrogen-bond acceptors (Lipinski definition) is 3. The lowest BCUT2D eigenvalue weighted by Gasteiger charge is -2.06. The molecule has 4 aromatic rings. The summed E-state index contributed by atoms with van der Waals surface area (Å²) >= 11 is 1.28. The van der Waals surface area contributed by atoms with Crippen LogP contribution in [0.25, 0.3) is 17.0 Å². The first-order valence-corrected chi connectivity index (χ1v) is 11.1. The molecule has 3 aromatic carbocycles. The number of hydrogen-bond donors (Lipinski definition) is 1. The number of nitrogens with one attached hydrogen (secondary N) is 1. The van der Waals surface area contributed by atoms with Crippen LogP contribution in [-0.2, 0) is 11.3 Å². The van der Waals surface area contributed by atoms with Gasteiger partial charge in [-0.15, -0.1) is 0 Å². The fraction of sp³-hybridized carbons (Fsp3) is 0.0769. The van der Waals surface area contributed by atoms with Crippen molar-refractivity contribution in [2.24, 2.45) is 4.99 Å². The lowest BCUT2D eigenvalue weighted by molar-refractivity contribution is -0.115. The second-order valence-electron chi connectivity index (χ2n) is 7.67. The molecular weight excluding hydrogens is 421 g/mol. The molecule has 5 rings (SSSR count). The van der Waals surface area contributed by atoms with E-state index >= 15 is 0 Å². The summed E-state index contributed by atoms with van der Waals surface area (Å²) in [5.74, 6) is -0.508. The van der Waals surface area contributed by atoms with Crippen LogP contribution < -0.4 is 5.32 Å². The summed E-state index contributed by atoms with van der Waals surface area (Å²) in [5.41, 5.74) is 5.14. The van der Waals surface area contributed by atoms with Crippen LogP contribution in [0.1, 0.15) is 16.7 Å². The Morgan fingerprint density at radius 1 is 1.03 bits per heavy atom. The predicted molar refractivity (Wildman–Crippen MR) is 129 cm³/mol. The molecule has 1 aromatic heterocycles. The molecule has 0 aliphatic carbocycles. The average Bonchev–Trinajstić information content (AvgIpc) is 3.31. The fourth-order valence-electron chi connectivity index (χ4n) is 3.67. The van der Waals surface area contributed by atoms with Gasteiger partial charge in [0, 0.05) is 29.2 Å². The summed E-state index contributed by atoms with van der Waals surface area (Å²) < 4.78 is 15.3.